The SMILES string of the molecule is O=C1C=CC2NC=N[C]=C2C1. The monoisotopic (exact) mass is 147 g/mol. The molecule has 1 aliphatic heterocycles. The van der Waals surface area contributed by atoms with E-state index in [9.17, 15) is 4.79 Å². The molecule has 2 aliphatic rings. The van der Waals surface area contributed by atoms with Crippen LogP contribution in [0.15, 0.2) is 22.7 Å². The maximum Gasteiger partial charge on any atom is 0.159 e. The first-order chi connectivity index (χ1) is 5.36. The van der Waals surface area contributed by atoms with Crippen molar-refractivity contribution in [2.75, 3.05) is 0 Å². The molecular weight excluding hydrogens is 140 g/mol. The summed E-state index contributed by atoms with van der Waals surface area (Å²) in [5.41, 5.74) is 0.931. The molecule has 0 saturated carbocycles. The third kappa shape index (κ3) is 1.09. The van der Waals surface area contributed by atoms with Crippen LogP contribution in [0, 0.1) is 6.20 Å². The van der Waals surface area contributed by atoms with Crippen molar-refractivity contribution in [1.29, 1.82) is 0 Å². The molecule has 1 N–H and O–H groups in total. The molecule has 3 heteroatoms. The minimum absolute atomic E-state index is 0.127. The molecule has 1 aliphatic carbocycles. The number of hydrogen-bond donors (Lipinski definition) is 1. The second-order valence-corrected chi connectivity index (χ2v) is 2.54. The fourth-order valence-corrected chi connectivity index (χ4v) is 1.17. The highest BCUT2D eigenvalue weighted by Gasteiger charge is 2.19. The van der Waals surface area contributed by atoms with Crippen molar-refractivity contribution in [2.24, 2.45) is 4.99 Å². The summed E-state index contributed by atoms with van der Waals surface area (Å²) in [7, 11) is 0. The second kappa shape index (κ2) is 2.34. The number of allylic oxidation sites excluding steroid dienone is 1. The number of hydrogen-bond acceptors (Lipinski definition) is 3. The summed E-state index contributed by atoms with van der Waals surface area (Å²) in [5.74, 6) is 0.127. The van der Waals surface area contributed by atoms with Crippen LogP contribution in [-0.2, 0) is 4.79 Å². The summed E-state index contributed by atoms with van der Waals surface area (Å²) in [6, 6.07) is 0.144. The van der Waals surface area contributed by atoms with E-state index in [1.165, 1.54) is 0 Å². The highest BCUT2D eigenvalue weighted by Crippen LogP contribution is 2.16. The molecule has 55 valence electrons. The quantitative estimate of drug-likeness (QED) is 0.532. The molecule has 0 aromatic heterocycles. The Balaban J connectivity index is 2.31. The lowest BCUT2D eigenvalue weighted by molar-refractivity contribution is -0.114. The number of aliphatic imine (C=N–C) groups is 1. The van der Waals surface area contributed by atoms with Crippen LogP contribution in [0.1, 0.15) is 6.42 Å². The highest BCUT2D eigenvalue weighted by atomic mass is 16.1. The molecule has 2 rings (SSSR count). The van der Waals surface area contributed by atoms with Crippen molar-refractivity contribution in [3.05, 3.63) is 23.9 Å². The Hall–Kier alpha value is -1.38. The molecule has 0 amide bonds. The van der Waals surface area contributed by atoms with Crippen molar-refractivity contribution in [3.8, 4) is 0 Å². The molecular formula is C8H7N2O. The van der Waals surface area contributed by atoms with Gasteiger partial charge in [-0.3, -0.25) is 4.79 Å². The first-order valence-electron chi connectivity index (χ1n) is 3.46. The van der Waals surface area contributed by atoms with Gasteiger partial charge in [-0.15, -0.1) is 0 Å². The Morgan fingerprint density at radius 1 is 1.73 bits per heavy atom. The van der Waals surface area contributed by atoms with Gasteiger partial charge in [0, 0.05) is 6.42 Å². The van der Waals surface area contributed by atoms with Gasteiger partial charge in [-0.1, -0.05) is 6.08 Å². The van der Waals surface area contributed by atoms with Crippen molar-refractivity contribution >= 4 is 12.1 Å². The zero-order valence-electron chi connectivity index (χ0n) is 5.87. The average molecular weight is 147 g/mol. The van der Waals surface area contributed by atoms with Gasteiger partial charge >= 0.3 is 0 Å². The van der Waals surface area contributed by atoms with Crippen molar-refractivity contribution in [3.63, 3.8) is 0 Å². The standard InChI is InChI=1S/C8H7N2O/c11-7-1-2-8-6(3-7)4-9-5-10-8/h1-2,5,8H,3H2,(H,9,10). The molecule has 1 radical (unpaired) electrons. The molecule has 0 aromatic carbocycles. The number of nitrogens with zero attached hydrogens (tertiary/aromatic N) is 1. The zero-order valence-corrected chi connectivity index (χ0v) is 5.87. The van der Waals surface area contributed by atoms with E-state index in [1.54, 1.807) is 12.4 Å². The summed E-state index contributed by atoms with van der Waals surface area (Å²) in [6.07, 6.45) is 8.28. The van der Waals surface area contributed by atoms with Crippen molar-refractivity contribution < 1.29 is 4.79 Å². The maximum atomic E-state index is 10.9. The first-order valence-corrected chi connectivity index (χ1v) is 3.46. The molecule has 1 atom stereocenters. The van der Waals surface area contributed by atoms with Gasteiger partial charge in [0.2, 0.25) is 0 Å². The summed E-state index contributed by atoms with van der Waals surface area (Å²) < 4.78 is 0. The lowest BCUT2D eigenvalue weighted by Gasteiger charge is -2.20. The predicted molar refractivity (Wildman–Crippen MR) is 40.9 cm³/mol. The molecule has 0 saturated heterocycles. The zero-order chi connectivity index (χ0) is 7.68. The summed E-state index contributed by atoms with van der Waals surface area (Å²) in [6.45, 7) is 0. The van der Waals surface area contributed by atoms with Gasteiger partial charge in [0.25, 0.3) is 0 Å². The Morgan fingerprint density at radius 2 is 2.64 bits per heavy atom. The summed E-state index contributed by atoms with van der Waals surface area (Å²) in [4.78, 5) is 14.7. The van der Waals surface area contributed by atoms with Crippen LogP contribution in [0.25, 0.3) is 0 Å². The van der Waals surface area contributed by atoms with E-state index in [4.69, 9.17) is 0 Å². The highest BCUT2D eigenvalue weighted by molar-refractivity contribution is 5.93. The van der Waals surface area contributed by atoms with E-state index in [2.05, 4.69) is 16.5 Å². The van der Waals surface area contributed by atoms with E-state index in [0.717, 1.165) is 5.57 Å². The summed E-state index contributed by atoms with van der Waals surface area (Å²) in [5, 5.41) is 3.01. The Kier molecular flexibility index (Phi) is 1.35. The van der Waals surface area contributed by atoms with Gasteiger partial charge in [0.1, 0.15) is 0 Å². The van der Waals surface area contributed by atoms with Crippen LogP contribution in [0.2, 0.25) is 0 Å². The second-order valence-electron chi connectivity index (χ2n) is 2.54. The van der Waals surface area contributed by atoms with E-state index < -0.39 is 0 Å². The van der Waals surface area contributed by atoms with Gasteiger partial charge in [-0.2, -0.15) is 0 Å². The van der Waals surface area contributed by atoms with Gasteiger partial charge in [0.15, 0.2) is 5.78 Å². The number of carbonyl (C=O) groups is 1. The lowest BCUT2D eigenvalue weighted by atomic mass is 9.96. The molecule has 0 aromatic rings. The third-order valence-corrected chi connectivity index (χ3v) is 1.74. The van der Waals surface area contributed by atoms with Crippen molar-refractivity contribution in [1.82, 2.24) is 5.32 Å². The molecule has 0 fully saturated rings. The van der Waals surface area contributed by atoms with Crippen molar-refractivity contribution in [2.45, 2.75) is 12.5 Å². The predicted octanol–water partition coefficient (Wildman–Crippen LogP) is 0.203. The molecule has 1 unspecified atom stereocenters. The summed E-state index contributed by atoms with van der Waals surface area (Å²) >= 11 is 0. The van der Waals surface area contributed by atoms with Crippen LogP contribution in [0.5, 0.6) is 0 Å². The van der Waals surface area contributed by atoms with Gasteiger partial charge in [-0.25, -0.2) is 4.99 Å². The Morgan fingerprint density at radius 3 is 3.55 bits per heavy atom. The molecule has 3 nitrogen and oxygen atoms in total. The largest absolute Gasteiger partial charge is 0.366 e. The first kappa shape index (κ1) is 6.34. The maximum absolute atomic E-state index is 10.9. The average Bonchev–Trinajstić information content (AvgIpc) is 2.04. The van der Waals surface area contributed by atoms with Crippen LogP contribution in [0.4, 0.5) is 0 Å². The lowest BCUT2D eigenvalue weighted by Crippen LogP contribution is -2.33. The van der Waals surface area contributed by atoms with Crippen LogP contribution in [-0.4, -0.2) is 18.2 Å². The molecule has 11 heavy (non-hydrogen) atoms. The number of fused-ring (bicyclic) bond motifs is 1. The Labute approximate surface area is 64.5 Å². The van der Waals surface area contributed by atoms with E-state index in [1.807, 2.05) is 6.08 Å². The van der Waals surface area contributed by atoms with Gasteiger partial charge in [-0.05, 0) is 11.6 Å². The van der Waals surface area contributed by atoms with E-state index in [-0.39, 0.29) is 11.8 Å². The van der Waals surface area contributed by atoms with Crippen LogP contribution >= 0.6 is 0 Å². The smallest absolute Gasteiger partial charge is 0.159 e. The fourth-order valence-electron chi connectivity index (χ4n) is 1.17. The topological polar surface area (TPSA) is 41.5 Å². The minimum atomic E-state index is 0.127. The number of carbonyl (C=O) groups excluding carboxylic acids is 1. The van der Waals surface area contributed by atoms with Gasteiger partial charge < -0.3 is 5.32 Å². The molecule has 1 heterocycles. The number of rotatable bonds is 0. The number of nitrogens with one attached hydrogen (secondary N) is 1. The van der Waals surface area contributed by atoms with E-state index in [0.29, 0.717) is 6.42 Å². The normalized spacial score (nSPS) is 27.5. The number of ketones is 1. The minimum Gasteiger partial charge on any atom is -0.366 e. The van der Waals surface area contributed by atoms with Crippen LogP contribution in [0.3, 0.4) is 0 Å². The fraction of sp³-hybridized carbons (Fsp3) is 0.250. The van der Waals surface area contributed by atoms with Gasteiger partial charge in [0.05, 0.1) is 18.6 Å². The Bertz CT molecular complexity index is 276. The molecule has 0 spiro atoms. The van der Waals surface area contributed by atoms with Crippen LogP contribution < -0.4 is 5.32 Å². The molecule has 0 bridgehead atoms. The third-order valence-electron chi connectivity index (χ3n) is 1.74. The van der Waals surface area contributed by atoms with E-state index >= 15 is 0 Å².